The zero-order valence-corrected chi connectivity index (χ0v) is 16.4. The molecule has 0 radical (unpaired) electrons. The van der Waals surface area contributed by atoms with E-state index in [4.69, 9.17) is 13.9 Å². The SMILES string of the molecule is CN(CCCC(=O)O)c1ccc2cc(-c3ncc(-c4ccccc4)o3)c(=O)oc2c1. The number of aliphatic carboxylic acids is 1. The van der Waals surface area contributed by atoms with Crippen LogP contribution in [0.25, 0.3) is 33.7 Å². The van der Waals surface area contributed by atoms with Crippen LogP contribution in [-0.2, 0) is 4.79 Å². The molecule has 0 aliphatic carbocycles. The standard InChI is InChI=1S/C23H20N2O5/c1-25(11-5-8-21(26)27)17-10-9-16-12-18(23(28)30-19(16)13-17)22-24-14-20(29-22)15-6-3-2-4-7-15/h2-4,6-7,9-10,12-14H,5,8,11H2,1H3,(H,26,27). The molecule has 0 atom stereocenters. The molecule has 4 rings (SSSR count). The van der Waals surface area contributed by atoms with Gasteiger partial charge in [-0.25, -0.2) is 9.78 Å². The van der Waals surface area contributed by atoms with Crippen molar-refractivity contribution in [1.82, 2.24) is 4.98 Å². The Balaban J connectivity index is 1.61. The van der Waals surface area contributed by atoms with Crippen LogP contribution < -0.4 is 10.5 Å². The molecule has 0 saturated carbocycles. The lowest BCUT2D eigenvalue weighted by molar-refractivity contribution is -0.137. The third kappa shape index (κ3) is 4.10. The molecule has 7 heteroatoms. The van der Waals surface area contributed by atoms with E-state index in [1.165, 1.54) is 0 Å². The number of oxazole rings is 1. The van der Waals surface area contributed by atoms with E-state index in [9.17, 15) is 9.59 Å². The highest BCUT2D eigenvalue weighted by Crippen LogP contribution is 2.27. The number of carboxylic acid groups (broad SMARTS) is 1. The monoisotopic (exact) mass is 404 g/mol. The fraction of sp³-hybridized carbons (Fsp3) is 0.174. The second-order valence-electron chi connectivity index (χ2n) is 6.98. The smallest absolute Gasteiger partial charge is 0.349 e. The van der Waals surface area contributed by atoms with Crippen molar-refractivity contribution in [3.8, 4) is 22.8 Å². The fourth-order valence-corrected chi connectivity index (χ4v) is 3.22. The zero-order valence-electron chi connectivity index (χ0n) is 16.4. The van der Waals surface area contributed by atoms with Gasteiger partial charge in [-0.3, -0.25) is 4.79 Å². The highest BCUT2D eigenvalue weighted by molar-refractivity contribution is 5.83. The average molecular weight is 404 g/mol. The van der Waals surface area contributed by atoms with Gasteiger partial charge < -0.3 is 18.8 Å². The molecule has 2 aromatic heterocycles. The van der Waals surface area contributed by atoms with Crippen LogP contribution in [0.3, 0.4) is 0 Å². The first kappa shape index (κ1) is 19.4. The second-order valence-corrected chi connectivity index (χ2v) is 6.98. The number of carboxylic acids is 1. The van der Waals surface area contributed by atoms with Crippen LogP contribution in [0.5, 0.6) is 0 Å². The molecular weight excluding hydrogens is 384 g/mol. The molecule has 0 saturated heterocycles. The highest BCUT2D eigenvalue weighted by Gasteiger charge is 2.15. The Labute approximate surface area is 172 Å². The maximum absolute atomic E-state index is 12.6. The van der Waals surface area contributed by atoms with Crippen molar-refractivity contribution >= 4 is 22.6 Å². The first-order valence-electron chi connectivity index (χ1n) is 9.54. The van der Waals surface area contributed by atoms with Gasteiger partial charge in [0.15, 0.2) is 5.76 Å². The molecule has 30 heavy (non-hydrogen) atoms. The third-order valence-corrected chi connectivity index (χ3v) is 4.84. The number of hydrogen-bond donors (Lipinski definition) is 1. The molecule has 0 fully saturated rings. The van der Waals surface area contributed by atoms with E-state index in [1.807, 2.05) is 54.4 Å². The molecule has 0 aliphatic heterocycles. The van der Waals surface area contributed by atoms with Crippen LogP contribution in [0.4, 0.5) is 5.69 Å². The number of carbonyl (C=O) groups is 1. The van der Waals surface area contributed by atoms with Crippen LogP contribution in [0.2, 0.25) is 0 Å². The molecule has 4 aromatic rings. The average Bonchev–Trinajstić information content (AvgIpc) is 3.23. The van der Waals surface area contributed by atoms with Crippen LogP contribution in [-0.4, -0.2) is 29.7 Å². The lowest BCUT2D eigenvalue weighted by Gasteiger charge is -2.19. The second kappa shape index (κ2) is 8.24. The van der Waals surface area contributed by atoms with Crippen LogP contribution in [0.1, 0.15) is 12.8 Å². The largest absolute Gasteiger partial charge is 0.481 e. The van der Waals surface area contributed by atoms with E-state index < -0.39 is 11.6 Å². The Morgan fingerprint density at radius 2 is 1.90 bits per heavy atom. The predicted molar refractivity (Wildman–Crippen MR) is 114 cm³/mol. The Morgan fingerprint density at radius 1 is 1.10 bits per heavy atom. The van der Waals surface area contributed by atoms with Crippen molar-refractivity contribution in [3.63, 3.8) is 0 Å². The van der Waals surface area contributed by atoms with Crippen LogP contribution in [0.15, 0.2) is 74.4 Å². The maximum atomic E-state index is 12.6. The Bertz CT molecular complexity index is 1240. The summed E-state index contributed by atoms with van der Waals surface area (Å²) in [6.07, 6.45) is 2.22. The van der Waals surface area contributed by atoms with E-state index in [-0.39, 0.29) is 17.9 Å². The minimum Gasteiger partial charge on any atom is -0.481 e. The summed E-state index contributed by atoms with van der Waals surface area (Å²) in [4.78, 5) is 29.4. The number of anilines is 1. The Morgan fingerprint density at radius 3 is 2.67 bits per heavy atom. The molecule has 0 amide bonds. The van der Waals surface area contributed by atoms with E-state index in [1.54, 1.807) is 18.3 Å². The van der Waals surface area contributed by atoms with Gasteiger partial charge >= 0.3 is 11.6 Å². The van der Waals surface area contributed by atoms with Crippen molar-refractivity contribution in [3.05, 3.63) is 71.2 Å². The number of rotatable bonds is 7. The summed E-state index contributed by atoms with van der Waals surface area (Å²) in [7, 11) is 1.87. The van der Waals surface area contributed by atoms with Gasteiger partial charge in [-0.05, 0) is 24.6 Å². The number of fused-ring (bicyclic) bond motifs is 1. The minimum absolute atomic E-state index is 0.109. The third-order valence-electron chi connectivity index (χ3n) is 4.84. The van der Waals surface area contributed by atoms with E-state index in [0.717, 1.165) is 16.6 Å². The summed E-state index contributed by atoms with van der Waals surface area (Å²) in [6, 6.07) is 16.8. The number of aromatic nitrogens is 1. The molecule has 0 spiro atoms. The van der Waals surface area contributed by atoms with Crippen molar-refractivity contribution in [1.29, 1.82) is 0 Å². The first-order valence-corrected chi connectivity index (χ1v) is 9.54. The van der Waals surface area contributed by atoms with Crippen LogP contribution in [0, 0.1) is 0 Å². The normalized spacial score (nSPS) is 11.0. The summed E-state index contributed by atoms with van der Waals surface area (Å²) in [5.41, 5.74) is 1.88. The van der Waals surface area contributed by atoms with Gasteiger partial charge in [0, 0.05) is 42.7 Å². The summed E-state index contributed by atoms with van der Waals surface area (Å²) in [5, 5.41) is 9.52. The summed E-state index contributed by atoms with van der Waals surface area (Å²) >= 11 is 0. The molecule has 2 heterocycles. The Hall–Kier alpha value is -3.87. The molecular formula is C23H20N2O5. The summed E-state index contributed by atoms with van der Waals surface area (Å²) < 4.78 is 11.3. The number of nitrogens with zero attached hydrogens (tertiary/aromatic N) is 2. The lowest BCUT2D eigenvalue weighted by Crippen LogP contribution is -2.19. The quantitative estimate of drug-likeness (QED) is 0.456. The molecule has 2 aromatic carbocycles. The topological polar surface area (TPSA) is 96.8 Å². The van der Waals surface area contributed by atoms with Gasteiger partial charge in [0.2, 0.25) is 5.89 Å². The van der Waals surface area contributed by atoms with Crippen molar-refractivity contribution in [2.45, 2.75) is 12.8 Å². The van der Waals surface area contributed by atoms with Gasteiger partial charge in [0.1, 0.15) is 11.1 Å². The van der Waals surface area contributed by atoms with Crippen molar-refractivity contribution in [2.75, 3.05) is 18.5 Å². The van der Waals surface area contributed by atoms with Gasteiger partial charge in [-0.2, -0.15) is 0 Å². The summed E-state index contributed by atoms with van der Waals surface area (Å²) in [6.45, 7) is 0.582. The molecule has 0 unspecified atom stereocenters. The van der Waals surface area contributed by atoms with Gasteiger partial charge in [-0.15, -0.1) is 0 Å². The van der Waals surface area contributed by atoms with E-state index in [2.05, 4.69) is 4.98 Å². The first-order chi connectivity index (χ1) is 14.5. The van der Waals surface area contributed by atoms with E-state index >= 15 is 0 Å². The van der Waals surface area contributed by atoms with Gasteiger partial charge in [0.25, 0.3) is 0 Å². The van der Waals surface area contributed by atoms with E-state index in [0.29, 0.717) is 24.3 Å². The van der Waals surface area contributed by atoms with Gasteiger partial charge in [-0.1, -0.05) is 30.3 Å². The number of benzene rings is 2. The van der Waals surface area contributed by atoms with Crippen molar-refractivity contribution < 1.29 is 18.7 Å². The zero-order chi connectivity index (χ0) is 21.1. The summed E-state index contributed by atoms with van der Waals surface area (Å²) in [5.74, 6) is -0.0369. The molecule has 0 bridgehead atoms. The van der Waals surface area contributed by atoms with Crippen LogP contribution >= 0.6 is 0 Å². The Kier molecular flexibility index (Phi) is 5.34. The van der Waals surface area contributed by atoms with Crippen molar-refractivity contribution in [2.24, 2.45) is 0 Å². The molecule has 1 N–H and O–H groups in total. The molecule has 152 valence electrons. The number of hydrogen-bond acceptors (Lipinski definition) is 6. The predicted octanol–water partition coefficient (Wildman–Crippen LogP) is 4.42. The highest BCUT2D eigenvalue weighted by atomic mass is 16.4. The van der Waals surface area contributed by atoms with Gasteiger partial charge in [0.05, 0.1) is 6.20 Å². The molecule has 7 nitrogen and oxygen atoms in total. The molecule has 0 aliphatic rings. The lowest BCUT2D eigenvalue weighted by atomic mass is 10.1. The fourth-order valence-electron chi connectivity index (χ4n) is 3.22. The maximum Gasteiger partial charge on any atom is 0.349 e. The minimum atomic E-state index is -0.817.